The van der Waals surface area contributed by atoms with Crippen LogP contribution in [0.1, 0.15) is 24.8 Å². The summed E-state index contributed by atoms with van der Waals surface area (Å²) in [7, 11) is 1.46. The van der Waals surface area contributed by atoms with Gasteiger partial charge >= 0.3 is 0 Å². The molecule has 1 aliphatic heterocycles. The first-order valence-corrected chi connectivity index (χ1v) is 7.23. The summed E-state index contributed by atoms with van der Waals surface area (Å²) in [6, 6.07) is 5.04. The SMILES string of the molecule is COc1ccc(CC2(CO)CCOC2C2CC2)cc1F. The van der Waals surface area contributed by atoms with E-state index in [4.69, 9.17) is 9.47 Å². The third-order valence-corrected chi connectivity index (χ3v) is 4.64. The van der Waals surface area contributed by atoms with E-state index in [0.29, 0.717) is 18.9 Å². The van der Waals surface area contributed by atoms with Gasteiger partial charge in [0.25, 0.3) is 0 Å². The van der Waals surface area contributed by atoms with Crippen LogP contribution in [0.2, 0.25) is 0 Å². The molecule has 0 bridgehead atoms. The molecule has 1 saturated carbocycles. The normalized spacial score (nSPS) is 29.6. The Hall–Kier alpha value is -1.13. The first-order chi connectivity index (χ1) is 9.68. The molecule has 1 aromatic rings. The Morgan fingerprint density at radius 1 is 1.45 bits per heavy atom. The molecule has 3 nitrogen and oxygen atoms in total. The fraction of sp³-hybridized carbons (Fsp3) is 0.625. The van der Waals surface area contributed by atoms with Gasteiger partial charge in [-0.15, -0.1) is 0 Å². The number of ether oxygens (including phenoxy) is 2. The Kier molecular flexibility index (Phi) is 3.69. The van der Waals surface area contributed by atoms with Crippen molar-refractivity contribution in [2.24, 2.45) is 11.3 Å². The molecule has 20 heavy (non-hydrogen) atoms. The van der Waals surface area contributed by atoms with Crippen LogP contribution < -0.4 is 4.74 Å². The molecular weight excluding hydrogens is 259 g/mol. The maximum atomic E-state index is 13.8. The van der Waals surface area contributed by atoms with Gasteiger partial charge in [-0.2, -0.15) is 0 Å². The third-order valence-electron chi connectivity index (χ3n) is 4.64. The molecule has 4 heteroatoms. The Morgan fingerprint density at radius 3 is 2.85 bits per heavy atom. The van der Waals surface area contributed by atoms with E-state index in [-0.39, 0.29) is 29.7 Å². The highest BCUT2D eigenvalue weighted by atomic mass is 19.1. The summed E-state index contributed by atoms with van der Waals surface area (Å²) in [6.07, 6.45) is 3.99. The Balaban J connectivity index is 1.82. The lowest BCUT2D eigenvalue weighted by Crippen LogP contribution is -2.38. The quantitative estimate of drug-likeness (QED) is 0.901. The molecule has 0 radical (unpaired) electrons. The number of halogens is 1. The first kappa shape index (κ1) is 13.8. The van der Waals surface area contributed by atoms with E-state index in [0.717, 1.165) is 12.0 Å². The van der Waals surface area contributed by atoms with Crippen LogP contribution in [-0.2, 0) is 11.2 Å². The fourth-order valence-corrected chi connectivity index (χ4v) is 3.38. The Bertz CT molecular complexity index is 487. The number of rotatable bonds is 5. The second-order valence-corrected chi connectivity index (χ2v) is 6.04. The molecule has 110 valence electrons. The first-order valence-electron chi connectivity index (χ1n) is 7.23. The van der Waals surface area contributed by atoms with Crippen LogP contribution in [0.3, 0.4) is 0 Å². The van der Waals surface area contributed by atoms with Gasteiger partial charge in [-0.3, -0.25) is 0 Å². The lowest BCUT2D eigenvalue weighted by atomic mass is 9.75. The summed E-state index contributed by atoms with van der Waals surface area (Å²) in [6.45, 7) is 0.794. The minimum atomic E-state index is -0.347. The predicted octanol–water partition coefficient (Wildman–Crippen LogP) is 2.55. The van der Waals surface area contributed by atoms with Gasteiger partial charge in [0.1, 0.15) is 0 Å². The summed E-state index contributed by atoms with van der Waals surface area (Å²) in [5, 5.41) is 9.90. The molecule has 2 fully saturated rings. The Morgan fingerprint density at radius 2 is 2.25 bits per heavy atom. The summed E-state index contributed by atoms with van der Waals surface area (Å²) in [5.74, 6) is 0.487. The van der Waals surface area contributed by atoms with E-state index in [1.165, 1.54) is 26.0 Å². The van der Waals surface area contributed by atoms with E-state index in [9.17, 15) is 9.50 Å². The average molecular weight is 280 g/mol. The zero-order chi connectivity index (χ0) is 14.2. The van der Waals surface area contributed by atoms with Gasteiger partial charge in [-0.05, 0) is 49.3 Å². The van der Waals surface area contributed by atoms with Crippen LogP contribution in [0.25, 0.3) is 0 Å². The maximum absolute atomic E-state index is 13.8. The van der Waals surface area contributed by atoms with Crippen molar-refractivity contribution < 1.29 is 19.0 Å². The van der Waals surface area contributed by atoms with Gasteiger partial charge in [0.05, 0.1) is 19.8 Å². The molecule has 1 saturated heterocycles. The van der Waals surface area contributed by atoms with Crippen LogP contribution in [-0.4, -0.2) is 31.5 Å². The summed E-state index contributed by atoms with van der Waals surface area (Å²) < 4.78 is 24.6. The predicted molar refractivity (Wildman–Crippen MR) is 73.3 cm³/mol. The molecule has 3 rings (SSSR count). The van der Waals surface area contributed by atoms with Crippen molar-refractivity contribution >= 4 is 0 Å². The number of hydrogen-bond acceptors (Lipinski definition) is 3. The number of aliphatic hydroxyl groups is 1. The molecule has 1 aromatic carbocycles. The van der Waals surface area contributed by atoms with Gasteiger partial charge in [0, 0.05) is 12.0 Å². The van der Waals surface area contributed by atoms with Crippen molar-refractivity contribution in [2.45, 2.75) is 31.8 Å². The lowest BCUT2D eigenvalue weighted by molar-refractivity contribution is 0.000549. The number of methoxy groups -OCH3 is 1. The molecule has 2 unspecified atom stereocenters. The smallest absolute Gasteiger partial charge is 0.165 e. The van der Waals surface area contributed by atoms with Crippen molar-refractivity contribution in [1.82, 2.24) is 0 Å². The highest BCUT2D eigenvalue weighted by Gasteiger charge is 2.50. The van der Waals surface area contributed by atoms with Crippen LogP contribution in [0.15, 0.2) is 18.2 Å². The molecule has 0 amide bonds. The second-order valence-electron chi connectivity index (χ2n) is 6.04. The minimum absolute atomic E-state index is 0.0990. The van der Waals surface area contributed by atoms with Gasteiger partial charge in [0.2, 0.25) is 0 Å². The van der Waals surface area contributed by atoms with Crippen molar-refractivity contribution in [1.29, 1.82) is 0 Å². The molecule has 1 aliphatic carbocycles. The monoisotopic (exact) mass is 280 g/mol. The molecule has 1 heterocycles. The topological polar surface area (TPSA) is 38.7 Å². The van der Waals surface area contributed by atoms with Crippen molar-refractivity contribution in [3.8, 4) is 5.75 Å². The molecular formula is C16H21FO3. The van der Waals surface area contributed by atoms with Gasteiger partial charge in [-0.1, -0.05) is 6.07 Å². The van der Waals surface area contributed by atoms with Crippen LogP contribution >= 0.6 is 0 Å². The van der Waals surface area contributed by atoms with Crippen molar-refractivity contribution in [2.75, 3.05) is 20.3 Å². The number of hydrogen-bond donors (Lipinski definition) is 1. The van der Waals surface area contributed by atoms with Gasteiger partial charge in [-0.25, -0.2) is 4.39 Å². The van der Waals surface area contributed by atoms with Crippen molar-refractivity contribution in [3.05, 3.63) is 29.6 Å². The molecule has 0 spiro atoms. The van der Waals surface area contributed by atoms with E-state index in [1.807, 2.05) is 6.07 Å². The number of aliphatic hydroxyl groups excluding tert-OH is 1. The van der Waals surface area contributed by atoms with Crippen LogP contribution in [0.5, 0.6) is 5.75 Å². The third kappa shape index (κ3) is 2.42. The average Bonchev–Trinajstić information content (AvgIpc) is 3.21. The van der Waals surface area contributed by atoms with Gasteiger partial charge < -0.3 is 14.6 Å². The minimum Gasteiger partial charge on any atom is -0.494 e. The van der Waals surface area contributed by atoms with E-state index in [2.05, 4.69) is 0 Å². The van der Waals surface area contributed by atoms with Gasteiger partial charge in [0.15, 0.2) is 11.6 Å². The molecule has 1 N–H and O–H groups in total. The zero-order valence-corrected chi connectivity index (χ0v) is 11.8. The highest BCUT2D eigenvalue weighted by molar-refractivity contribution is 5.30. The summed E-state index contributed by atoms with van der Waals surface area (Å²) >= 11 is 0. The maximum Gasteiger partial charge on any atom is 0.165 e. The standard InChI is InChI=1S/C16H21FO3/c1-19-14-5-2-11(8-13(14)17)9-16(10-18)6-7-20-15(16)12-3-4-12/h2,5,8,12,15,18H,3-4,6-7,9-10H2,1H3. The van der Waals surface area contributed by atoms with E-state index >= 15 is 0 Å². The zero-order valence-electron chi connectivity index (χ0n) is 11.8. The van der Waals surface area contributed by atoms with Crippen LogP contribution in [0, 0.1) is 17.2 Å². The second kappa shape index (κ2) is 5.34. The highest BCUT2D eigenvalue weighted by Crippen LogP contribution is 2.49. The van der Waals surface area contributed by atoms with Crippen LogP contribution in [0.4, 0.5) is 4.39 Å². The molecule has 2 aliphatic rings. The largest absolute Gasteiger partial charge is 0.494 e. The molecule has 2 atom stereocenters. The van der Waals surface area contributed by atoms with E-state index in [1.54, 1.807) is 6.07 Å². The summed E-state index contributed by atoms with van der Waals surface area (Å²) in [4.78, 5) is 0. The number of benzene rings is 1. The Labute approximate surface area is 118 Å². The summed E-state index contributed by atoms with van der Waals surface area (Å²) in [5.41, 5.74) is 0.649. The fourth-order valence-electron chi connectivity index (χ4n) is 3.38. The van der Waals surface area contributed by atoms with E-state index < -0.39 is 0 Å². The molecule has 0 aromatic heterocycles. The van der Waals surface area contributed by atoms with Crippen molar-refractivity contribution in [3.63, 3.8) is 0 Å². The lowest BCUT2D eigenvalue weighted by Gasteiger charge is -2.32.